The van der Waals surface area contributed by atoms with E-state index in [2.05, 4.69) is 48.3 Å². The van der Waals surface area contributed by atoms with Gasteiger partial charge in [-0.25, -0.2) is 4.79 Å². The highest BCUT2D eigenvalue weighted by molar-refractivity contribution is 5.74. The van der Waals surface area contributed by atoms with Gasteiger partial charge in [-0.3, -0.25) is 0 Å². The Kier molecular flexibility index (Phi) is 6.15. The van der Waals surface area contributed by atoms with Crippen LogP contribution in [0.4, 0.5) is 4.79 Å². The Morgan fingerprint density at radius 2 is 1.83 bits per heavy atom. The lowest BCUT2D eigenvalue weighted by Crippen LogP contribution is -2.51. The van der Waals surface area contributed by atoms with Crippen molar-refractivity contribution in [2.24, 2.45) is 5.92 Å². The highest BCUT2D eigenvalue weighted by Gasteiger charge is 2.46. The summed E-state index contributed by atoms with van der Waals surface area (Å²) in [5.41, 5.74) is -0.511. The van der Waals surface area contributed by atoms with E-state index in [9.17, 15) is 4.79 Å². The van der Waals surface area contributed by atoms with Crippen molar-refractivity contribution < 1.29 is 9.53 Å². The van der Waals surface area contributed by atoms with Crippen molar-refractivity contribution in [3.63, 3.8) is 0 Å². The molecule has 24 heavy (non-hydrogen) atoms. The SMILES string of the molecule is C[C@@H](CNC(=O)N[C@H]1CC(C)(C)OC1(C)C)CN1CCN(C)CC1. The van der Waals surface area contributed by atoms with Crippen molar-refractivity contribution in [1.29, 1.82) is 0 Å². The third kappa shape index (κ3) is 5.60. The molecule has 0 unspecified atom stereocenters. The van der Waals surface area contributed by atoms with Crippen LogP contribution in [0, 0.1) is 5.92 Å². The van der Waals surface area contributed by atoms with Gasteiger partial charge in [-0.2, -0.15) is 0 Å². The lowest BCUT2D eigenvalue weighted by Gasteiger charge is -2.34. The Bertz CT molecular complexity index is 431. The number of urea groups is 1. The molecule has 2 fully saturated rings. The molecule has 2 aliphatic heterocycles. The average molecular weight is 341 g/mol. The summed E-state index contributed by atoms with van der Waals surface area (Å²) in [4.78, 5) is 17.1. The molecule has 2 aliphatic rings. The molecule has 0 spiro atoms. The van der Waals surface area contributed by atoms with E-state index in [1.165, 1.54) is 0 Å². The summed E-state index contributed by atoms with van der Waals surface area (Å²) in [5.74, 6) is 0.448. The summed E-state index contributed by atoms with van der Waals surface area (Å²) in [6.07, 6.45) is 0.838. The predicted octanol–water partition coefficient (Wildman–Crippen LogP) is 1.52. The minimum Gasteiger partial charge on any atom is -0.367 e. The number of hydrogen-bond donors (Lipinski definition) is 2. The number of ether oxygens (including phenoxy) is 1. The number of hydrogen-bond acceptors (Lipinski definition) is 4. The van der Waals surface area contributed by atoms with Crippen LogP contribution in [-0.4, -0.2) is 79.4 Å². The van der Waals surface area contributed by atoms with Crippen LogP contribution in [0.1, 0.15) is 41.0 Å². The quantitative estimate of drug-likeness (QED) is 0.797. The van der Waals surface area contributed by atoms with Crippen molar-refractivity contribution in [2.45, 2.75) is 58.3 Å². The smallest absolute Gasteiger partial charge is 0.315 e. The monoisotopic (exact) mass is 340 g/mol. The second-order valence-electron chi connectivity index (χ2n) is 8.79. The molecule has 0 aliphatic carbocycles. The number of amides is 2. The summed E-state index contributed by atoms with van der Waals surface area (Å²) in [6, 6.07) is -0.0416. The topological polar surface area (TPSA) is 56.8 Å². The first-order valence-electron chi connectivity index (χ1n) is 9.23. The number of carbonyl (C=O) groups is 1. The third-order valence-electron chi connectivity index (χ3n) is 5.16. The molecule has 0 aromatic heterocycles. The van der Waals surface area contributed by atoms with E-state index < -0.39 is 0 Å². The van der Waals surface area contributed by atoms with Crippen LogP contribution in [0.15, 0.2) is 0 Å². The maximum Gasteiger partial charge on any atom is 0.315 e. The fourth-order valence-corrected chi connectivity index (χ4v) is 3.80. The van der Waals surface area contributed by atoms with Crippen LogP contribution in [0.2, 0.25) is 0 Å². The number of rotatable bonds is 5. The molecule has 6 nitrogen and oxygen atoms in total. The third-order valence-corrected chi connectivity index (χ3v) is 5.16. The molecule has 0 radical (unpaired) electrons. The van der Waals surface area contributed by atoms with Crippen LogP contribution in [0.3, 0.4) is 0 Å². The maximum absolute atomic E-state index is 12.2. The van der Waals surface area contributed by atoms with Crippen LogP contribution in [0.25, 0.3) is 0 Å². The van der Waals surface area contributed by atoms with Crippen molar-refractivity contribution in [1.82, 2.24) is 20.4 Å². The van der Waals surface area contributed by atoms with Crippen molar-refractivity contribution in [3.05, 3.63) is 0 Å². The molecule has 0 bridgehead atoms. The number of piperazine rings is 1. The van der Waals surface area contributed by atoms with Gasteiger partial charge >= 0.3 is 6.03 Å². The first-order valence-corrected chi connectivity index (χ1v) is 9.23. The van der Waals surface area contributed by atoms with Gasteiger partial charge in [0.15, 0.2) is 0 Å². The summed E-state index contributed by atoms with van der Waals surface area (Å²) in [5, 5.41) is 6.12. The molecular weight excluding hydrogens is 304 g/mol. The Labute approximate surface area is 147 Å². The second kappa shape index (κ2) is 7.58. The molecule has 2 rings (SSSR count). The molecule has 6 heteroatoms. The zero-order chi connectivity index (χ0) is 18.0. The molecule has 2 amide bonds. The largest absolute Gasteiger partial charge is 0.367 e. The van der Waals surface area contributed by atoms with Gasteiger partial charge < -0.3 is 25.2 Å². The lowest BCUT2D eigenvalue weighted by atomic mass is 9.95. The lowest BCUT2D eigenvalue weighted by molar-refractivity contribution is -0.0690. The van der Waals surface area contributed by atoms with Gasteiger partial charge in [-0.05, 0) is 47.1 Å². The normalized spacial score (nSPS) is 28.5. The zero-order valence-electron chi connectivity index (χ0n) is 16.3. The number of nitrogens with one attached hydrogen (secondary N) is 2. The number of likely N-dealkylation sites (N-methyl/N-ethyl adjacent to an activating group) is 1. The van der Waals surface area contributed by atoms with Crippen LogP contribution in [0.5, 0.6) is 0 Å². The molecule has 2 atom stereocenters. The van der Waals surface area contributed by atoms with Crippen molar-refractivity contribution >= 4 is 6.03 Å². The highest BCUT2D eigenvalue weighted by atomic mass is 16.5. The van der Waals surface area contributed by atoms with Gasteiger partial charge in [-0.1, -0.05) is 6.92 Å². The van der Waals surface area contributed by atoms with E-state index in [0.29, 0.717) is 12.5 Å². The van der Waals surface area contributed by atoms with Crippen molar-refractivity contribution in [3.8, 4) is 0 Å². The molecule has 140 valence electrons. The van der Waals surface area contributed by atoms with Gasteiger partial charge in [0.1, 0.15) is 0 Å². The van der Waals surface area contributed by atoms with Crippen molar-refractivity contribution in [2.75, 3.05) is 46.3 Å². The first kappa shape index (κ1) is 19.5. The summed E-state index contributed by atoms with van der Waals surface area (Å²) in [7, 11) is 2.17. The van der Waals surface area contributed by atoms with Gasteiger partial charge in [0, 0.05) is 39.3 Å². The molecule has 0 aromatic rings. The van der Waals surface area contributed by atoms with E-state index in [1.54, 1.807) is 0 Å². The maximum atomic E-state index is 12.2. The Morgan fingerprint density at radius 3 is 2.38 bits per heavy atom. The number of nitrogens with zero attached hydrogens (tertiary/aromatic N) is 2. The predicted molar refractivity (Wildman–Crippen MR) is 97.3 cm³/mol. The first-order chi connectivity index (χ1) is 11.1. The summed E-state index contributed by atoms with van der Waals surface area (Å²) in [6.45, 7) is 16.7. The molecule has 2 N–H and O–H groups in total. The van der Waals surface area contributed by atoms with Crippen LogP contribution < -0.4 is 10.6 Å². The molecular formula is C18H36N4O2. The Hall–Kier alpha value is -0.850. The minimum atomic E-state index is -0.327. The van der Waals surface area contributed by atoms with Gasteiger partial charge in [-0.15, -0.1) is 0 Å². The highest BCUT2D eigenvalue weighted by Crippen LogP contribution is 2.37. The van der Waals surface area contributed by atoms with E-state index in [1.807, 2.05) is 13.8 Å². The fraction of sp³-hybridized carbons (Fsp3) is 0.944. The van der Waals surface area contributed by atoms with E-state index in [-0.39, 0.29) is 23.3 Å². The van der Waals surface area contributed by atoms with Gasteiger partial charge in [0.05, 0.1) is 17.2 Å². The standard InChI is InChI=1S/C18H36N4O2/c1-14(13-22-9-7-21(6)8-10-22)12-19-16(23)20-15-11-17(2,3)24-18(15,4)5/h14-15H,7-13H2,1-6H3,(H2,19,20,23)/t14-,15-/m0/s1. The Balaban J connectivity index is 1.69. The van der Waals surface area contributed by atoms with E-state index >= 15 is 0 Å². The molecule has 0 saturated carbocycles. The fourth-order valence-electron chi connectivity index (χ4n) is 3.80. The molecule has 0 aromatic carbocycles. The number of carbonyl (C=O) groups excluding carboxylic acids is 1. The van der Waals surface area contributed by atoms with Crippen LogP contribution >= 0.6 is 0 Å². The molecule has 2 heterocycles. The summed E-state index contributed by atoms with van der Waals surface area (Å²) >= 11 is 0. The summed E-state index contributed by atoms with van der Waals surface area (Å²) < 4.78 is 6.03. The Morgan fingerprint density at radius 1 is 1.21 bits per heavy atom. The van der Waals surface area contributed by atoms with Gasteiger partial charge in [0.2, 0.25) is 0 Å². The average Bonchev–Trinajstić information content (AvgIpc) is 2.66. The zero-order valence-corrected chi connectivity index (χ0v) is 16.3. The minimum absolute atomic E-state index is 0.0421. The van der Waals surface area contributed by atoms with Gasteiger partial charge in [0.25, 0.3) is 0 Å². The van der Waals surface area contributed by atoms with E-state index in [0.717, 1.165) is 39.1 Å². The van der Waals surface area contributed by atoms with Crippen LogP contribution in [-0.2, 0) is 4.74 Å². The molecule has 2 saturated heterocycles. The second-order valence-corrected chi connectivity index (χ2v) is 8.79. The van der Waals surface area contributed by atoms with E-state index in [4.69, 9.17) is 4.74 Å².